The highest BCUT2D eigenvalue weighted by molar-refractivity contribution is 5.88. The van der Waals surface area contributed by atoms with Gasteiger partial charge >= 0.3 is 12.1 Å². The number of carbonyl (C=O) groups is 1. The molecule has 0 radical (unpaired) electrons. The fraction of sp³-hybridized carbons (Fsp3) is 0.316. The first-order valence-corrected chi connectivity index (χ1v) is 8.75. The fourth-order valence-electron chi connectivity index (χ4n) is 3.10. The number of phenolic OH excluding ortho intramolecular Hbond substituents is 1. The standard InChI is InChI=1S/C19H17F5N4O2/c1-9-4-11(19(22,23)24)5-14(29)15(9)13-3-2-10(16(25)28-13)6-26-7-12-8-27-17(30)18(12,20)21/h2-6,12,29H,7-8H2,1H3,(H2,25,28)(H,27,30). The summed E-state index contributed by atoms with van der Waals surface area (Å²) in [7, 11) is 0. The Kier molecular flexibility index (Phi) is 5.40. The van der Waals surface area contributed by atoms with Crippen LogP contribution in [0.25, 0.3) is 11.3 Å². The number of halogens is 5. The van der Waals surface area contributed by atoms with E-state index in [-0.39, 0.29) is 35.7 Å². The Morgan fingerprint density at radius 1 is 1.37 bits per heavy atom. The molecule has 1 aliphatic heterocycles. The van der Waals surface area contributed by atoms with Gasteiger partial charge in [0.05, 0.1) is 17.2 Å². The van der Waals surface area contributed by atoms with Gasteiger partial charge in [-0.2, -0.15) is 22.0 Å². The maximum atomic E-state index is 13.6. The number of alkyl halides is 5. The van der Waals surface area contributed by atoms with Gasteiger partial charge in [0.25, 0.3) is 5.91 Å². The van der Waals surface area contributed by atoms with Gasteiger partial charge in [0.1, 0.15) is 11.6 Å². The SMILES string of the molecule is Cc1cc(C(F)(F)F)cc(O)c1-c1ccc(C=NCC2CNC(=O)C2(F)F)c(N)n1. The van der Waals surface area contributed by atoms with Gasteiger partial charge in [-0.25, -0.2) is 4.98 Å². The lowest BCUT2D eigenvalue weighted by atomic mass is 10.00. The lowest BCUT2D eigenvalue weighted by molar-refractivity contribution is -0.144. The van der Waals surface area contributed by atoms with E-state index < -0.39 is 35.2 Å². The number of hydrogen-bond donors (Lipinski definition) is 3. The third-order valence-corrected chi connectivity index (χ3v) is 4.74. The van der Waals surface area contributed by atoms with Crippen LogP contribution in [-0.4, -0.2) is 41.2 Å². The number of amides is 1. The molecule has 1 amide bonds. The van der Waals surface area contributed by atoms with E-state index in [4.69, 9.17) is 5.73 Å². The Balaban J connectivity index is 1.82. The summed E-state index contributed by atoms with van der Waals surface area (Å²) in [6.45, 7) is 0.892. The van der Waals surface area contributed by atoms with Gasteiger partial charge in [-0.3, -0.25) is 9.79 Å². The van der Waals surface area contributed by atoms with Crippen LogP contribution >= 0.6 is 0 Å². The van der Waals surface area contributed by atoms with Crippen LogP contribution in [0.2, 0.25) is 0 Å². The minimum Gasteiger partial charge on any atom is -0.507 e. The number of hydrogen-bond acceptors (Lipinski definition) is 5. The average molecular weight is 428 g/mol. The summed E-state index contributed by atoms with van der Waals surface area (Å²) in [5, 5.41) is 12.1. The number of rotatable bonds is 4. The highest BCUT2D eigenvalue weighted by Gasteiger charge is 2.51. The monoisotopic (exact) mass is 428 g/mol. The second-order valence-corrected chi connectivity index (χ2v) is 6.88. The molecule has 1 unspecified atom stereocenters. The lowest BCUT2D eigenvalue weighted by Gasteiger charge is -2.14. The third kappa shape index (κ3) is 4.05. The van der Waals surface area contributed by atoms with Gasteiger partial charge in [0.15, 0.2) is 0 Å². The van der Waals surface area contributed by atoms with Crippen molar-refractivity contribution in [3.63, 3.8) is 0 Å². The second kappa shape index (κ2) is 7.54. The molecule has 30 heavy (non-hydrogen) atoms. The molecule has 0 bridgehead atoms. The van der Waals surface area contributed by atoms with Crippen molar-refractivity contribution < 1.29 is 31.9 Å². The summed E-state index contributed by atoms with van der Waals surface area (Å²) in [5.74, 6) is -6.76. The number of carbonyl (C=O) groups excluding carboxylic acids is 1. The van der Waals surface area contributed by atoms with Crippen molar-refractivity contribution in [2.45, 2.75) is 19.0 Å². The van der Waals surface area contributed by atoms with E-state index >= 15 is 0 Å². The lowest BCUT2D eigenvalue weighted by Crippen LogP contribution is -2.34. The fourth-order valence-corrected chi connectivity index (χ4v) is 3.10. The van der Waals surface area contributed by atoms with Crippen LogP contribution in [0, 0.1) is 12.8 Å². The summed E-state index contributed by atoms with van der Waals surface area (Å²) < 4.78 is 65.8. The maximum Gasteiger partial charge on any atom is 0.416 e. The number of aliphatic imine (C=N–C) groups is 1. The quantitative estimate of drug-likeness (QED) is 0.515. The molecule has 1 saturated heterocycles. The molecule has 0 saturated carbocycles. The van der Waals surface area contributed by atoms with Crippen LogP contribution in [0.15, 0.2) is 29.3 Å². The van der Waals surface area contributed by atoms with Crippen LogP contribution in [0.5, 0.6) is 5.75 Å². The number of nitrogen functional groups attached to an aromatic ring is 1. The van der Waals surface area contributed by atoms with Gasteiger partial charge in [-0.05, 0) is 36.8 Å². The normalized spacial score (nSPS) is 18.7. The second-order valence-electron chi connectivity index (χ2n) is 6.88. The zero-order chi connectivity index (χ0) is 22.3. The van der Waals surface area contributed by atoms with Crippen LogP contribution in [0.1, 0.15) is 16.7 Å². The molecule has 0 aliphatic carbocycles. The van der Waals surface area contributed by atoms with Gasteiger partial charge in [0, 0.05) is 30.4 Å². The number of aromatic hydroxyl groups is 1. The number of anilines is 1. The largest absolute Gasteiger partial charge is 0.507 e. The van der Waals surface area contributed by atoms with E-state index in [9.17, 15) is 31.9 Å². The van der Waals surface area contributed by atoms with E-state index in [0.29, 0.717) is 11.6 Å². The first-order chi connectivity index (χ1) is 13.9. The molecule has 0 spiro atoms. The highest BCUT2D eigenvalue weighted by Crippen LogP contribution is 2.38. The molecule has 6 nitrogen and oxygen atoms in total. The number of aromatic nitrogens is 1. The first-order valence-electron chi connectivity index (χ1n) is 8.75. The van der Waals surface area contributed by atoms with Crippen molar-refractivity contribution in [3.8, 4) is 17.0 Å². The Labute approximate surface area is 167 Å². The number of pyridine rings is 1. The summed E-state index contributed by atoms with van der Waals surface area (Å²) >= 11 is 0. The highest BCUT2D eigenvalue weighted by atomic mass is 19.4. The maximum absolute atomic E-state index is 13.6. The van der Waals surface area contributed by atoms with E-state index in [1.54, 1.807) is 0 Å². The van der Waals surface area contributed by atoms with Crippen molar-refractivity contribution in [3.05, 3.63) is 41.0 Å². The first kappa shape index (κ1) is 21.5. The number of phenols is 1. The zero-order valence-corrected chi connectivity index (χ0v) is 15.6. The average Bonchev–Trinajstić information content (AvgIpc) is 2.88. The van der Waals surface area contributed by atoms with Crippen LogP contribution in [0.3, 0.4) is 0 Å². The molecule has 1 fully saturated rings. The number of nitrogens with zero attached hydrogens (tertiary/aromatic N) is 2. The Hall–Kier alpha value is -3.24. The number of benzene rings is 1. The molecule has 3 rings (SSSR count). The molecule has 4 N–H and O–H groups in total. The minimum absolute atomic E-state index is 0.0534. The molecule has 1 aromatic carbocycles. The third-order valence-electron chi connectivity index (χ3n) is 4.74. The van der Waals surface area contributed by atoms with Gasteiger partial charge < -0.3 is 16.2 Å². The molecule has 2 aromatic rings. The molecule has 160 valence electrons. The minimum atomic E-state index is -4.61. The molecular weight excluding hydrogens is 411 g/mol. The number of aryl methyl sites for hydroxylation is 1. The molecule has 1 aromatic heterocycles. The number of nitrogens with two attached hydrogens (primary N) is 1. The Morgan fingerprint density at radius 2 is 2.07 bits per heavy atom. The van der Waals surface area contributed by atoms with Crippen molar-refractivity contribution in [1.29, 1.82) is 0 Å². The Morgan fingerprint density at radius 3 is 2.60 bits per heavy atom. The molecule has 1 aliphatic rings. The molecule has 11 heteroatoms. The summed E-state index contributed by atoms with van der Waals surface area (Å²) in [6, 6.07) is 4.36. The van der Waals surface area contributed by atoms with Crippen molar-refractivity contribution >= 4 is 17.9 Å². The van der Waals surface area contributed by atoms with Crippen molar-refractivity contribution in [2.75, 3.05) is 18.8 Å². The molecular formula is C19H17F5N4O2. The van der Waals surface area contributed by atoms with E-state index in [0.717, 1.165) is 6.07 Å². The summed E-state index contributed by atoms with van der Waals surface area (Å²) in [5.41, 5.74) is 5.54. The van der Waals surface area contributed by atoms with Crippen LogP contribution in [-0.2, 0) is 11.0 Å². The van der Waals surface area contributed by atoms with E-state index in [1.165, 1.54) is 25.3 Å². The van der Waals surface area contributed by atoms with Crippen molar-refractivity contribution in [2.24, 2.45) is 10.9 Å². The molecule has 2 heterocycles. The van der Waals surface area contributed by atoms with Gasteiger partial charge in [0.2, 0.25) is 0 Å². The predicted molar refractivity (Wildman–Crippen MR) is 99.4 cm³/mol. The Bertz CT molecular complexity index is 997. The zero-order valence-electron chi connectivity index (χ0n) is 15.6. The topological polar surface area (TPSA) is 101 Å². The van der Waals surface area contributed by atoms with Crippen LogP contribution in [0.4, 0.5) is 27.8 Å². The van der Waals surface area contributed by atoms with E-state index in [1.807, 2.05) is 0 Å². The summed E-state index contributed by atoms with van der Waals surface area (Å²) in [4.78, 5) is 19.0. The van der Waals surface area contributed by atoms with Gasteiger partial charge in [-0.1, -0.05) is 0 Å². The number of nitrogens with one attached hydrogen (secondary N) is 1. The smallest absolute Gasteiger partial charge is 0.416 e. The molecule has 1 atom stereocenters. The summed E-state index contributed by atoms with van der Waals surface area (Å²) in [6.07, 6.45) is -3.38. The van der Waals surface area contributed by atoms with Crippen molar-refractivity contribution in [1.82, 2.24) is 10.3 Å². The van der Waals surface area contributed by atoms with Gasteiger partial charge in [-0.15, -0.1) is 0 Å². The van der Waals surface area contributed by atoms with E-state index in [2.05, 4.69) is 15.3 Å². The van der Waals surface area contributed by atoms with Crippen LogP contribution < -0.4 is 11.1 Å². The predicted octanol–water partition coefficient (Wildman–Crippen LogP) is 3.16.